The van der Waals surface area contributed by atoms with E-state index in [-0.39, 0.29) is 29.5 Å². The van der Waals surface area contributed by atoms with Gasteiger partial charge in [-0.25, -0.2) is 9.78 Å². The number of H-pyrrole nitrogens is 1. The quantitative estimate of drug-likeness (QED) is 0.461. The number of anilines is 1. The van der Waals surface area contributed by atoms with Crippen molar-refractivity contribution >= 4 is 33.0 Å². The van der Waals surface area contributed by atoms with E-state index in [2.05, 4.69) is 40.9 Å². The first-order valence-electron chi connectivity index (χ1n) is 10.2. The maximum absolute atomic E-state index is 12.8. The van der Waals surface area contributed by atoms with Crippen molar-refractivity contribution in [2.75, 3.05) is 11.9 Å². The first-order chi connectivity index (χ1) is 15.2. The molecule has 3 aromatic rings. The number of halogens is 4. The second kappa shape index (κ2) is 9.10. The van der Waals surface area contributed by atoms with Crippen LogP contribution in [0.15, 0.2) is 33.7 Å². The predicted octanol–water partition coefficient (Wildman–Crippen LogP) is 3.76. The average molecular weight is 515 g/mol. The van der Waals surface area contributed by atoms with E-state index >= 15 is 0 Å². The monoisotopic (exact) mass is 514 g/mol. The fourth-order valence-corrected chi connectivity index (χ4v) is 4.28. The number of nitrogens with one attached hydrogen (secondary N) is 2. The van der Waals surface area contributed by atoms with Gasteiger partial charge < -0.3 is 20.8 Å². The van der Waals surface area contributed by atoms with Crippen LogP contribution in [-0.2, 0) is 6.54 Å². The number of ether oxygens (including phenoxy) is 1. The van der Waals surface area contributed by atoms with E-state index in [9.17, 15) is 18.0 Å². The second-order valence-electron chi connectivity index (χ2n) is 7.91. The number of fused-ring (bicyclic) bond motifs is 1. The van der Waals surface area contributed by atoms with E-state index in [1.807, 2.05) is 0 Å². The number of imidazole rings is 1. The summed E-state index contributed by atoms with van der Waals surface area (Å²) in [5.74, 6) is 0.428. The summed E-state index contributed by atoms with van der Waals surface area (Å²) in [6.45, 7) is 0.517. The number of aromatic amines is 1. The highest BCUT2D eigenvalue weighted by atomic mass is 79.9. The lowest BCUT2D eigenvalue weighted by Gasteiger charge is -2.26. The van der Waals surface area contributed by atoms with Gasteiger partial charge in [-0.05, 0) is 49.8 Å². The van der Waals surface area contributed by atoms with Crippen LogP contribution in [0.4, 0.5) is 19.1 Å². The molecule has 1 fully saturated rings. The Morgan fingerprint density at radius 3 is 2.75 bits per heavy atom. The van der Waals surface area contributed by atoms with Crippen LogP contribution < -0.4 is 21.5 Å². The molecule has 1 saturated carbocycles. The SMILES string of the molecule is N[C@H]1CC[C@H](CNc2ncc3[nH]c(=O)n(Cc4cc(Br)ccc4OC(F)(F)F)c3n2)CC1. The predicted molar refractivity (Wildman–Crippen MR) is 116 cm³/mol. The largest absolute Gasteiger partial charge is 0.573 e. The molecule has 4 rings (SSSR count). The lowest BCUT2D eigenvalue weighted by Crippen LogP contribution is -2.29. The van der Waals surface area contributed by atoms with E-state index in [0.717, 1.165) is 25.7 Å². The highest BCUT2D eigenvalue weighted by Gasteiger charge is 2.32. The van der Waals surface area contributed by atoms with Crippen LogP contribution in [0.5, 0.6) is 5.75 Å². The standard InChI is InChI=1S/C20H22BrF3N6O2/c21-13-3-6-16(32-20(22,23)24)12(7-13)10-30-17-15(28-19(30)31)9-27-18(29-17)26-8-11-1-4-14(25)5-2-11/h3,6-7,9,11,14H,1-2,4-5,8,10,25H2,(H,28,31)(H,26,27,29)/t11-,14-. The van der Waals surface area contributed by atoms with Crippen molar-refractivity contribution in [2.24, 2.45) is 11.7 Å². The Balaban J connectivity index is 1.58. The van der Waals surface area contributed by atoms with Crippen molar-refractivity contribution in [2.45, 2.75) is 44.6 Å². The minimum atomic E-state index is -4.85. The summed E-state index contributed by atoms with van der Waals surface area (Å²) in [7, 11) is 0. The molecule has 0 unspecified atom stereocenters. The smallest absolute Gasteiger partial charge is 0.405 e. The minimum Gasteiger partial charge on any atom is -0.405 e. The fourth-order valence-electron chi connectivity index (χ4n) is 3.87. The summed E-state index contributed by atoms with van der Waals surface area (Å²) < 4.78 is 44.3. The van der Waals surface area contributed by atoms with E-state index in [4.69, 9.17) is 5.73 Å². The third-order valence-corrected chi connectivity index (χ3v) is 6.02. The second-order valence-corrected chi connectivity index (χ2v) is 8.82. The zero-order chi connectivity index (χ0) is 22.9. The number of aromatic nitrogens is 4. The molecule has 8 nitrogen and oxygen atoms in total. The molecule has 0 saturated heterocycles. The molecule has 1 aliphatic carbocycles. The molecule has 0 spiro atoms. The van der Waals surface area contributed by atoms with Gasteiger partial charge in [0.2, 0.25) is 5.95 Å². The van der Waals surface area contributed by atoms with Crippen molar-refractivity contribution in [3.8, 4) is 5.75 Å². The molecule has 12 heteroatoms. The van der Waals surface area contributed by atoms with Crippen molar-refractivity contribution in [1.29, 1.82) is 0 Å². The van der Waals surface area contributed by atoms with Crippen LogP contribution >= 0.6 is 15.9 Å². The van der Waals surface area contributed by atoms with Gasteiger partial charge in [-0.3, -0.25) is 4.57 Å². The normalized spacial score (nSPS) is 19.3. The Hall–Kier alpha value is -2.60. The molecule has 1 aromatic carbocycles. The molecular weight excluding hydrogens is 493 g/mol. The van der Waals surface area contributed by atoms with Crippen LogP contribution in [0, 0.1) is 5.92 Å². The summed E-state index contributed by atoms with van der Waals surface area (Å²) in [4.78, 5) is 23.8. The van der Waals surface area contributed by atoms with Gasteiger partial charge in [0.05, 0.1) is 12.7 Å². The fraction of sp³-hybridized carbons (Fsp3) is 0.450. The number of nitrogens with zero attached hydrogens (tertiary/aromatic N) is 3. The Morgan fingerprint density at radius 2 is 2.03 bits per heavy atom. The number of hydrogen-bond donors (Lipinski definition) is 3. The number of rotatable bonds is 6. The van der Waals surface area contributed by atoms with Gasteiger partial charge in [-0.1, -0.05) is 15.9 Å². The lowest BCUT2D eigenvalue weighted by atomic mass is 9.86. The van der Waals surface area contributed by atoms with Crippen molar-refractivity contribution in [1.82, 2.24) is 19.5 Å². The number of hydrogen-bond acceptors (Lipinski definition) is 6. The Labute approximate surface area is 189 Å². The number of alkyl halides is 3. The van der Waals surface area contributed by atoms with E-state index in [1.54, 1.807) is 0 Å². The van der Waals surface area contributed by atoms with Crippen LogP contribution in [-0.4, -0.2) is 38.5 Å². The molecule has 0 radical (unpaired) electrons. The van der Waals surface area contributed by atoms with Crippen molar-refractivity contribution in [3.05, 3.63) is 44.9 Å². The van der Waals surface area contributed by atoms with Gasteiger partial charge in [-0.15, -0.1) is 13.2 Å². The first kappa shape index (κ1) is 22.6. The molecule has 0 atom stereocenters. The summed E-state index contributed by atoms with van der Waals surface area (Å²) in [6, 6.07) is 4.37. The van der Waals surface area contributed by atoms with E-state index in [0.29, 0.717) is 28.4 Å². The highest BCUT2D eigenvalue weighted by molar-refractivity contribution is 9.10. The van der Waals surface area contributed by atoms with Gasteiger partial charge in [0.15, 0.2) is 5.65 Å². The zero-order valence-corrected chi connectivity index (χ0v) is 18.5. The molecule has 4 N–H and O–H groups in total. The molecule has 32 heavy (non-hydrogen) atoms. The Bertz CT molecular complexity index is 1150. The molecule has 2 aromatic heterocycles. The molecule has 172 valence electrons. The summed E-state index contributed by atoms with van der Waals surface area (Å²) in [6.07, 6.45) is 0.646. The zero-order valence-electron chi connectivity index (χ0n) is 17.0. The van der Waals surface area contributed by atoms with Gasteiger partial charge in [-0.2, -0.15) is 4.98 Å². The van der Waals surface area contributed by atoms with Crippen LogP contribution in [0.3, 0.4) is 0 Å². The third-order valence-electron chi connectivity index (χ3n) is 5.53. The number of nitrogens with two attached hydrogens (primary N) is 1. The van der Waals surface area contributed by atoms with Gasteiger partial charge in [0, 0.05) is 22.6 Å². The molecule has 2 heterocycles. The number of benzene rings is 1. The first-order valence-corrected chi connectivity index (χ1v) is 11.0. The Kier molecular flexibility index (Phi) is 6.42. The maximum atomic E-state index is 12.8. The average Bonchev–Trinajstić information content (AvgIpc) is 3.03. The van der Waals surface area contributed by atoms with Crippen LogP contribution in [0.2, 0.25) is 0 Å². The van der Waals surface area contributed by atoms with Crippen molar-refractivity contribution in [3.63, 3.8) is 0 Å². The van der Waals surface area contributed by atoms with E-state index < -0.39 is 12.1 Å². The van der Waals surface area contributed by atoms with Crippen molar-refractivity contribution < 1.29 is 17.9 Å². The molecule has 0 aliphatic heterocycles. The third kappa shape index (κ3) is 5.41. The Morgan fingerprint density at radius 1 is 1.28 bits per heavy atom. The van der Waals surface area contributed by atoms with Gasteiger partial charge >= 0.3 is 12.1 Å². The van der Waals surface area contributed by atoms with Gasteiger partial charge in [0.1, 0.15) is 11.3 Å². The van der Waals surface area contributed by atoms with Crippen LogP contribution in [0.25, 0.3) is 11.2 Å². The molecule has 0 amide bonds. The van der Waals surface area contributed by atoms with Gasteiger partial charge in [0.25, 0.3) is 0 Å². The minimum absolute atomic E-state index is 0.166. The summed E-state index contributed by atoms with van der Waals surface area (Å²) in [5.41, 5.74) is 6.29. The summed E-state index contributed by atoms with van der Waals surface area (Å²) in [5, 5.41) is 3.20. The molecular formula is C20H22BrF3N6O2. The topological polar surface area (TPSA) is 111 Å². The molecule has 1 aliphatic rings. The van der Waals surface area contributed by atoms with E-state index in [1.165, 1.54) is 29.0 Å². The van der Waals surface area contributed by atoms with Crippen LogP contribution in [0.1, 0.15) is 31.2 Å². The lowest BCUT2D eigenvalue weighted by molar-refractivity contribution is -0.274. The maximum Gasteiger partial charge on any atom is 0.573 e. The highest BCUT2D eigenvalue weighted by Crippen LogP contribution is 2.30. The summed E-state index contributed by atoms with van der Waals surface area (Å²) >= 11 is 3.25. The molecule has 0 bridgehead atoms.